The molecule has 2 N–H and O–H groups in total. The van der Waals surface area contributed by atoms with E-state index in [1.807, 2.05) is 0 Å². The number of amides is 1. The number of nitrogens with one attached hydrogen (secondary N) is 2. The number of fused-ring (bicyclic) bond motifs is 5. The van der Waals surface area contributed by atoms with Gasteiger partial charge in [-0.05, 0) is 92.0 Å². The molecule has 5 atom stereocenters. The summed E-state index contributed by atoms with van der Waals surface area (Å²) in [5.41, 5.74) is 3.07. The van der Waals surface area contributed by atoms with Gasteiger partial charge in [0.15, 0.2) is 0 Å². The third-order valence-corrected chi connectivity index (χ3v) is 14.7. The molecular weight excluding hydrogens is 412 g/mol. The van der Waals surface area contributed by atoms with Gasteiger partial charge >= 0.3 is 0 Å². The second kappa shape index (κ2) is 7.21. The molecule has 1 aliphatic heterocycles. The van der Waals surface area contributed by atoms with Gasteiger partial charge in [0.25, 0.3) is 0 Å². The molecule has 1 amide bonds. The van der Waals surface area contributed by atoms with Crippen molar-refractivity contribution in [2.24, 2.45) is 22.7 Å². The summed E-state index contributed by atoms with van der Waals surface area (Å²) < 4.78 is 7.09. The van der Waals surface area contributed by atoms with E-state index in [1.165, 1.54) is 38.5 Å². The lowest BCUT2D eigenvalue weighted by Gasteiger charge is -2.55. The Morgan fingerprint density at radius 2 is 1.78 bits per heavy atom. The van der Waals surface area contributed by atoms with Gasteiger partial charge in [-0.3, -0.25) is 4.79 Å². The number of allylic oxidation sites excluding steroid dienone is 3. The average molecular weight is 457 g/mol. The molecule has 1 saturated heterocycles. The van der Waals surface area contributed by atoms with Crippen LogP contribution < -0.4 is 10.6 Å². The number of rotatable bonds is 4. The molecule has 0 spiro atoms. The molecule has 4 nitrogen and oxygen atoms in total. The minimum Gasteiger partial charge on any atom is -0.543 e. The van der Waals surface area contributed by atoms with Crippen LogP contribution in [-0.4, -0.2) is 26.3 Å². The van der Waals surface area contributed by atoms with Crippen molar-refractivity contribution in [3.8, 4) is 0 Å². The van der Waals surface area contributed by atoms with Crippen LogP contribution in [0.4, 0.5) is 0 Å². The van der Waals surface area contributed by atoms with Crippen LogP contribution in [0, 0.1) is 22.7 Å². The monoisotopic (exact) mass is 456 g/mol. The zero-order chi connectivity index (χ0) is 23.1. The van der Waals surface area contributed by atoms with Crippen LogP contribution >= 0.6 is 0 Å². The summed E-state index contributed by atoms with van der Waals surface area (Å²) in [5, 5.41) is 7.44. The maximum atomic E-state index is 12.3. The van der Waals surface area contributed by atoms with E-state index in [0.29, 0.717) is 29.7 Å². The van der Waals surface area contributed by atoms with Gasteiger partial charge in [0.2, 0.25) is 14.2 Å². The molecule has 5 aliphatic rings. The van der Waals surface area contributed by atoms with Crippen molar-refractivity contribution in [3.63, 3.8) is 0 Å². The van der Waals surface area contributed by atoms with Gasteiger partial charge in [0, 0.05) is 29.6 Å². The highest BCUT2D eigenvalue weighted by molar-refractivity contribution is 6.74. The molecule has 5 rings (SSSR count). The molecular formula is C27H44N2O2Si. The van der Waals surface area contributed by atoms with E-state index in [0.717, 1.165) is 23.9 Å². The molecule has 32 heavy (non-hydrogen) atoms. The summed E-state index contributed by atoms with van der Waals surface area (Å²) in [6.45, 7) is 16.6. The Morgan fingerprint density at radius 3 is 2.44 bits per heavy atom. The molecule has 0 aromatic carbocycles. The summed E-state index contributed by atoms with van der Waals surface area (Å²) in [6.07, 6.45) is 11.6. The summed E-state index contributed by atoms with van der Waals surface area (Å²) in [4.78, 5) is 12.3. The van der Waals surface area contributed by atoms with Crippen LogP contribution in [0.1, 0.15) is 86.0 Å². The van der Waals surface area contributed by atoms with Gasteiger partial charge < -0.3 is 15.1 Å². The minimum absolute atomic E-state index is 0.0346. The summed E-state index contributed by atoms with van der Waals surface area (Å²) in [6, 6.07) is 1.39. The molecule has 0 bridgehead atoms. The van der Waals surface area contributed by atoms with Crippen molar-refractivity contribution in [2.75, 3.05) is 0 Å². The van der Waals surface area contributed by atoms with Gasteiger partial charge in [0.1, 0.15) is 5.76 Å². The van der Waals surface area contributed by atoms with Crippen molar-refractivity contribution < 1.29 is 9.22 Å². The molecule has 0 aromatic heterocycles. The van der Waals surface area contributed by atoms with Crippen molar-refractivity contribution in [1.29, 1.82) is 0 Å². The molecule has 1 heterocycles. The first kappa shape index (κ1) is 22.7. The van der Waals surface area contributed by atoms with E-state index in [1.54, 1.807) is 5.57 Å². The predicted octanol–water partition coefficient (Wildman–Crippen LogP) is 6.02. The average Bonchev–Trinajstić information content (AvgIpc) is 3.44. The smallest absolute Gasteiger partial charge is 0.250 e. The topological polar surface area (TPSA) is 50.4 Å². The second-order valence-electron chi connectivity index (χ2n) is 13.4. The minimum atomic E-state index is -2.00. The van der Waals surface area contributed by atoms with E-state index in [2.05, 4.69) is 64.4 Å². The Morgan fingerprint density at radius 1 is 1.06 bits per heavy atom. The summed E-state index contributed by atoms with van der Waals surface area (Å²) in [7, 11) is -2.00. The first-order chi connectivity index (χ1) is 14.8. The predicted molar refractivity (Wildman–Crippen MR) is 132 cm³/mol. The maximum absolute atomic E-state index is 12.3. The van der Waals surface area contributed by atoms with Crippen molar-refractivity contribution in [3.05, 3.63) is 23.1 Å². The van der Waals surface area contributed by atoms with Gasteiger partial charge in [-0.15, -0.1) is 0 Å². The molecule has 1 unspecified atom stereocenters. The number of hydrogen-bond acceptors (Lipinski definition) is 3. The van der Waals surface area contributed by atoms with E-state index in [-0.39, 0.29) is 16.4 Å². The van der Waals surface area contributed by atoms with Crippen LogP contribution in [0.3, 0.4) is 0 Å². The van der Waals surface area contributed by atoms with Gasteiger partial charge in [0.05, 0.1) is 0 Å². The van der Waals surface area contributed by atoms with E-state index < -0.39 is 8.32 Å². The Kier molecular flexibility index (Phi) is 5.12. The summed E-state index contributed by atoms with van der Waals surface area (Å²) >= 11 is 0. The van der Waals surface area contributed by atoms with Crippen molar-refractivity contribution in [2.45, 2.75) is 116 Å². The highest BCUT2D eigenvalue weighted by Gasteiger charge is 2.59. The van der Waals surface area contributed by atoms with E-state index in [4.69, 9.17) is 4.43 Å². The second-order valence-corrected chi connectivity index (χ2v) is 18.2. The van der Waals surface area contributed by atoms with E-state index >= 15 is 0 Å². The largest absolute Gasteiger partial charge is 0.543 e. The third-order valence-electron chi connectivity index (χ3n) is 10.3. The summed E-state index contributed by atoms with van der Waals surface area (Å²) in [5.74, 6) is 2.36. The fourth-order valence-electron chi connectivity index (χ4n) is 6.92. The number of carbonyl (C=O) groups excluding carboxylic acids is 1. The van der Waals surface area contributed by atoms with Gasteiger partial charge in [-0.1, -0.05) is 34.6 Å². The van der Waals surface area contributed by atoms with Crippen molar-refractivity contribution >= 4 is 14.2 Å². The highest BCUT2D eigenvalue weighted by Crippen LogP contribution is 2.64. The lowest BCUT2D eigenvalue weighted by molar-refractivity contribution is -0.123. The molecule has 4 aliphatic carbocycles. The molecule has 5 heteroatoms. The fourth-order valence-corrected chi connectivity index (χ4v) is 7.95. The lowest BCUT2D eigenvalue weighted by atomic mass is 9.53. The third kappa shape index (κ3) is 3.44. The Hall–Kier alpha value is -1.07. The van der Waals surface area contributed by atoms with Crippen molar-refractivity contribution in [1.82, 2.24) is 10.6 Å². The van der Waals surface area contributed by atoms with Crippen LogP contribution in [-0.2, 0) is 9.22 Å². The number of piperidine rings is 1. The quantitative estimate of drug-likeness (QED) is 0.508. The zero-order valence-electron chi connectivity index (χ0n) is 21.4. The SMILES string of the molecule is CC(C)(C)[Si](C)(C)OC1=C2[C@@H](CC[C@]3(C)C(NC4CC4)CC[C@@H]23)[C@@]2(C)CCC(=O)NC2=C1. The number of carbonyl (C=O) groups is 1. The van der Waals surface area contributed by atoms with E-state index in [9.17, 15) is 4.79 Å². The lowest BCUT2D eigenvalue weighted by Crippen LogP contribution is -2.53. The maximum Gasteiger partial charge on any atom is 0.250 e. The Balaban J connectivity index is 1.59. The highest BCUT2D eigenvalue weighted by atomic mass is 28.4. The molecule has 4 fully saturated rings. The molecule has 178 valence electrons. The Labute approximate surface area is 196 Å². The first-order valence-corrected chi connectivity index (χ1v) is 16.0. The van der Waals surface area contributed by atoms with Crippen LogP contribution in [0.15, 0.2) is 23.1 Å². The first-order valence-electron chi connectivity index (χ1n) is 13.1. The van der Waals surface area contributed by atoms with Crippen LogP contribution in [0.2, 0.25) is 18.1 Å². The fraction of sp³-hybridized carbons (Fsp3) is 0.815. The Bertz CT molecular complexity index is 881. The zero-order valence-corrected chi connectivity index (χ0v) is 22.4. The van der Waals surface area contributed by atoms with Gasteiger partial charge in [-0.2, -0.15) is 0 Å². The standard InChI is InChI=1S/C27H44N2O2Si/c1-25(2,3)32(6,7)31-20-16-22-27(5,15-13-23(30)29-22)19-12-14-26(4)18(24(19)20)10-11-21(26)28-17-8-9-17/h16-19,21,28H,8-15H2,1-7H3,(H,29,30)/t18-,19+,21?,26-,27+/m0/s1. The normalized spacial score (nSPS) is 39.7. The van der Waals surface area contributed by atoms with Gasteiger partial charge in [-0.25, -0.2) is 0 Å². The number of hydrogen-bond donors (Lipinski definition) is 2. The van der Waals surface area contributed by atoms with Crippen LogP contribution in [0.25, 0.3) is 0 Å². The molecule has 0 aromatic rings. The molecule has 0 radical (unpaired) electrons. The van der Waals surface area contributed by atoms with Crippen LogP contribution in [0.5, 0.6) is 0 Å². The molecule has 3 saturated carbocycles.